The van der Waals surface area contributed by atoms with Crippen molar-refractivity contribution in [1.82, 2.24) is 14.9 Å². The molecule has 1 N–H and O–H groups in total. The summed E-state index contributed by atoms with van der Waals surface area (Å²) in [4.78, 5) is 22.8. The average Bonchev–Trinajstić information content (AvgIpc) is 3.14. The van der Waals surface area contributed by atoms with Crippen LogP contribution in [0.15, 0.2) is 30.7 Å². The van der Waals surface area contributed by atoms with Crippen LogP contribution in [0.4, 0.5) is 0 Å². The minimum Gasteiger partial charge on any atom is -0.478 e. The van der Waals surface area contributed by atoms with Crippen LogP contribution in [0.2, 0.25) is 0 Å². The molecular formula is C19H21N3O3. The Morgan fingerprint density at radius 3 is 2.92 bits per heavy atom. The van der Waals surface area contributed by atoms with Crippen molar-refractivity contribution in [1.29, 1.82) is 0 Å². The van der Waals surface area contributed by atoms with Gasteiger partial charge in [0.25, 0.3) is 0 Å². The summed E-state index contributed by atoms with van der Waals surface area (Å²) in [6, 6.07) is 3.60. The van der Waals surface area contributed by atoms with E-state index in [9.17, 15) is 9.90 Å². The van der Waals surface area contributed by atoms with Gasteiger partial charge in [0.15, 0.2) is 0 Å². The molecule has 2 aromatic rings. The van der Waals surface area contributed by atoms with Gasteiger partial charge in [0, 0.05) is 50.4 Å². The van der Waals surface area contributed by atoms with Gasteiger partial charge < -0.3 is 9.84 Å². The molecule has 130 valence electrons. The van der Waals surface area contributed by atoms with Crippen LogP contribution >= 0.6 is 0 Å². The summed E-state index contributed by atoms with van der Waals surface area (Å²) >= 11 is 0. The van der Waals surface area contributed by atoms with Crippen molar-refractivity contribution < 1.29 is 14.6 Å². The van der Waals surface area contributed by atoms with Crippen molar-refractivity contribution >= 4 is 5.97 Å². The van der Waals surface area contributed by atoms with Crippen molar-refractivity contribution in [3.8, 4) is 11.3 Å². The maximum absolute atomic E-state index is 11.9. The Hall–Kier alpha value is -2.31. The molecule has 6 heteroatoms. The second kappa shape index (κ2) is 6.90. The minimum atomic E-state index is -0.909. The van der Waals surface area contributed by atoms with Crippen LogP contribution in [0.25, 0.3) is 11.3 Å². The van der Waals surface area contributed by atoms with Gasteiger partial charge in [-0.2, -0.15) is 0 Å². The number of rotatable bonds is 4. The average molecular weight is 339 g/mol. The number of carboxylic acid groups (broad SMARTS) is 1. The van der Waals surface area contributed by atoms with Gasteiger partial charge in [0.05, 0.1) is 17.9 Å². The zero-order valence-corrected chi connectivity index (χ0v) is 14.0. The summed E-state index contributed by atoms with van der Waals surface area (Å²) in [5, 5.41) is 9.79. The third-order valence-corrected chi connectivity index (χ3v) is 5.06. The Labute approximate surface area is 146 Å². The third kappa shape index (κ3) is 3.27. The van der Waals surface area contributed by atoms with E-state index in [-0.39, 0.29) is 0 Å². The molecule has 2 aliphatic heterocycles. The zero-order chi connectivity index (χ0) is 17.2. The molecular weight excluding hydrogens is 318 g/mol. The largest absolute Gasteiger partial charge is 0.478 e. The fourth-order valence-electron chi connectivity index (χ4n) is 3.81. The van der Waals surface area contributed by atoms with E-state index in [1.807, 2.05) is 6.20 Å². The summed E-state index contributed by atoms with van der Waals surface area (Å²) in [7, 11) is 0. The summed E-state index contributed by atoms with van der Waals surface area (Å²) < 4.78 is 5.46. The van der Waals surface area contributed by atoms with Crippen LogP contribution < -0.4 is 0 Å². The summed E-state index contributed by atoms with van der Waals surface area (Å²) in [6.45, 7) is 4.34. The smallest absolute Gasteiger partial charge is 0.338 e. The molecule has 0 aromatic carbocycles. The molecule has 0 saturated carbocycles. The molecule has 0 aliphatic carbocycles. The van der Waals surface area contributed by atoms with Crippen LogP contribution in [-0.2, 0) is 17.7 Å². The lowest BCUT2D eigenvalue weighted by molar-refractivity contribution is 0.0695. The number of hydrogen-bond donors (Lipinski definition) is 1. The van der Waals surface area contributed by atoms with Crippen molar-refractivity contribution in [2.24, 2.45) is 5.92 Å². The summed E-state index contributed by atoms with van der Waals surface area (Å²) in [5.41, 5.74) is 3.62. The van der Waals surface area contributed by atoms with E-state index < -0.39 is 5.97 Å². The van der Waals surface area contributed by atoms with Crippen LogP contribution in [-0.4, -0.2) is 52.2 Å². The maximum Gasteiger partial charge on any atom is 0.338 e. The molecule has 0 unspecified atom stereocenters. The zero-order valence-electron chi connectivity index (χ0n) is 14.0. The van der Waals surface area contributed by atoms with E-state index in [4.69, 9.17) is 4.74 Å². The van der Waals surface area contributed by atoms with Gasteiger partial charge in [-0.15, -0.1) is 0 Å². The summed E-state index contributed by atoms with van der Waals surface area (Å²) in [6.07, 6.45) is 7.02. The molecule has 1 fully saturated rings. The quantitative estimate of drug-likeness (QED) is 0.921. The minimum absolute atomic E-state index is 0.340. The lowest BCUT2D eigenvalue weighted by atomic mass is 9.92. The fraction of sp³-hybridized carbons (Fsp3) is 0.421. The third-order valence-electron chi connectivity index (χ3n) is 5.06. The highest BCUT2D eigenvalue weighted by Gasteiger charge is 2.27. The van der Waals surface area contributed by atoms with E-state index in [0.29, 0.717) is 17.2 Å². The first-order chi connectivity index (χ1) is 12.2. The molecule has 4 heterocycles. The molecule has 2 aromatic heterocycles. The van der Waals surface area contributed by atoms with Crippen molar-refractivity contribution in [2.45, 2.75) is 19.4 Å². The topological polar surface area (TPSA) is 75.5 Å². The Morgan fingerprint density at radius 2 is 2.20 bits per heavy atom. The normalized spacial score (nSPS) is 20.4. The molecule has 6 nitrogen and oxygen atoms in total. The number of carbonyl (C=O) groups is 1. The monoisotopic (exact) mass is 339 g/mol. The van der Waals surface area contributed by atoms with Gasteiger partial charge in [-0.3, -0.25) is 14.9 Å². The Kier molecular flexibility index (Phi) is 4.46. The first kappa shape index (κ1) is 16.2. The van der Waals surface area contributed by atoms with E-state index >= 15 is 0 Å². The first-order valence-corrected chi connectivity index (χ1v) is 8.67. The van der Waals surface area contributed by atoms with Crippen molar-refractivity contribution in [2.75, 3.05) is 26.3 Å². The Morgan fingerprint density at radius 1 is 1.36 bits per heavy atom. The Bertz CT molecular complexity index is 773. The number of aromatic nitrogens is 2. The van der Waals surface area contributed by atoms with Gasteiger partial charge in [-0.25, -0.2) is 4.79 Å². The number of fused-ring (bicyclic) bond motifs is 1. The number of hydrogen-bond acceptors (Lipinski definition) is 5. The second-order valence-electron chi connectivity index (χ2n) is 6.74. The standard InChI is InChI=1S/C19H21N3O3/c23-19(24)17-16-3-7-22(10-13-4-8-25-12-13)11-15(16)9-21-18(17)14-1-5-20-6-2-14/h1-2,5-6,9,13H,3-4,7-8,10-12H2,(H,23,24)/t13-/m1/s1. The van der Waals surface area contributed by atoms with E-state index in [1.54, 1.807) is 24.5 Å². The molecule has 0 bridgehead atoms. The van der Waals surface area contributed by atoms with E-state index in [2.05, 4.69) is 14.9 Å². The van der Waals surface area contributed by atoms with Crippen LogP contribution in [0.3, 0.4) is 0 Å². The summed E-state index contributed by atoms with van der Waals surface area (Å²) in [5.74, 6) is -0.321. The van der Waals surface area contributed by atoms with Gasteiger partial charge in [0.1, 0.15) is 0 Å². The molecule has 0 radical (unpaired) electrons. The molecule has 0 amide bonds. The van der Waals surface area contributed by atoms with E-state index in [1.165, 1.54) is 0 Å². The highest BCUT2D eigenvalue weighted by Crippen LogP contribution is 2.30. The Balaban J connectivity index is 1.64. The predicted octanol–water partition coefficient (Wildman–Crippen LogP) is 2.24. The highest BCUT2D eigenvalue weighted by molar-refractivity contribution is 5.96. The number of pyridine rings is 2. The van der Waals surface area contributed by atoms with Gasteiger partial charge in [-0.1, -0.05) is 0 Å². The molecule has 0 spiro atoms. The van der Waals surface area contributed by atoms with Gasteiger partial charge in [-0.05, 0) is 42.0 Å². The molecule has 25 heavy (non-hydrogen) atoms. The molecule has 1 atom stereocenters. The van der Waals surface area contributed by atoms with Crippen molar-refractivity contribution in [3.05, 3.63) is 47.4 Å². The van der Waals surface area contributed by atoms with Crippen LogP contribution in [0.1, 0.15) is 27.9 Å². The van der Waals surface area contributed by atoms with Gasteiger partial charge >= 0.3 is 5.97 Å². The number of ether oxygens (including phenoxy) is 1. The van der Waals surface area contributed by atoms with Crippen molar-refractivity contribution in [3.63, 3.8) is 0 Å². The SMILES string of the molecule is O=C(O)c1c(-c2ccncc2)ncc2c1CCN(C[C@H]1CCOC1)C2. The maximum atomic E-state index is 11.9. The van der Waals surface area contributed by atoms with Gasteiger partial charge in [0.2, 0.25) is 0 Å². The fourth-order valence-corrected chi connectivity index (χ4v) is 3.81. The molecule has 2 aliphatic rings. The first-order valence-electron chi connectivity index (χ1n) is 8.67. The molecule has 4 rings (SSSR count). The van der Waals surface area contributed by atoms with Crippen LogP contribution in [0, 0.1) is 5.92 Å². The lowest BCUT2D eigenvalue weighted by Gasteiger charge is -2.31. The predicted molar refractivity (Wildman–Crippen MR) is 92.3 cm³/mol. The molecule has 1 saturated heterocycles. The lowest BCUT2D eigenvalue weighted by Crippen LogP contribution is -2.35. The second-order valence-corrected chi connectivity index (χ2v) is 6.74. The van der Waals surface area contributed by atoms with Crippen LogP contribution in [0.5, 0.6) is 0 Å². The highest BCUT2D eigenvalue weighted by atomic mass is 16.5. The number of nitrogens with zero attached hydrogens (tertiary/aromatic N) is 3. The van der Waals surface area contributed by atoms with E-state index in [0.717, 1.165) is 62.4 Å². The number of carboxylic acids is 1. The number of aromatic carboxylic acids is 1.